The van der Waals surface area contributed by atoms with Crippen molar-refractivity contribution < 1.29 is 23.8 Å². The van der Waals surface area contributed by atoms with Crippen LogP contribution >= 0.6 is 7.52 Å². The first-order valence-corrected chi connectivity index (χ1v) is 15.6. The van der Waals surface area contributed by atoms with Gasteiger partial charge in [-0.15, -0.1) is 5.25 Å². The highest BCUT2D eigenvalue weighted by molar-refractivity contribution is 7.55. The van der Waals surface area contributed by atoms with Crippen molar-refractivity contribution >= 4 is 7.52 Å². The van der Waals surface area contributed by atoms with Crippen LogP contribution in [0.15, 0.2) is 29.8 Å². The van der Waals surface area contributed by atoms with Crippen molar-refractivity contribution in [2.45, 2.75) is 89.9 Å². The second-order valence-corrected chi connectivity index (χ2v) is 13.3. The molecule has 2 saturated carbocycles. The molecule has 0 aliphatic heterocycles. The number of benzene rings is 1. The third-order valence-electron chi connectivity index (χ3n) is 7.98. The minimum Gasteiger partial charge on any atom is -0.491 e. The summed E-state index contributed by atoms with van der Waals surface area (Å²) in [6.07, 6.45) is 17.7. The molecule has 4 bridgehead atoms. The average Bonchev–Trinajstić information content (AvgIpc) is 2.83. The van der Waals surface area contributed by atoms with Crippen LogP contribution in [0.25, 0.3) is 0 Å². The molecule has 5 rings (SSSR count). The van der Waals surface area contributed by atoms with E-state index in [1.807, 2.05) is 6.07 Å². The molecule has 2 unspecified atom stereocenters. The van der Waals surface area contributed by atoms with Crippen molar-refractivity contribution in [3.05, 3.63) is 41.2 Å². The van der Waals surface area contributed by atoms with Crippen LogP contribution in [-0.2, 0) is 4.57 Å². The largest absolute Gasteiger partial charge is 0.491 e. The van der Waals surface area contributed by atoms with Gasteiger partial charge in [0.2, 0.25) is 0 Å². The zero-order valence-electron chi connectivity index (χ0n) is 21.3. The molecular weight excluding hydrogens is 476 g/mol. The Morgan fingerprint density at radius 2 is 1.81 bits per heavy atom. The molecule has 0 spiro atoms. The van der Waals surface area contributed by atoms with E-state index in [0.29, 0.717) is 24.7 Å². The van der Waals surface area contributed by atoms with Crippen molar-refractivity contribution in [1.82, 2.24) is 5.25 Å². The lowest BCUT2D eigenvalue weighted by molar-refractivity contribution is 0.114. The van der Waals surface area contributed by atoms with Gasteiger partial charge < -0.3 is 14.8 Å². The number of rotatable bonds is 14. The van der Waals surface area contributed by atoms with E-state index in [-0.39, 0.29) is 17.4 Å². The molecule has 0 heterocycles. The molecule has 3 N–H and O–H groups in total. The maximum absolute atomic E-state index is 14.6. The van der Waals surface area contributed by atoms with E-state index in [1.54, 1.807) is 11.6 Å². The summed E-state index contributed by atoms with van der Waals surface area (Å²) in [5.74, 6) is 8.33. The van der Waals surface area contributed by atoms with Gasteiger partial charge in [-0.1, -0.05) is 68.4 Å². The van der Waals surface area contributed by atoms with Gasteiger partial charge in [0, 0.05) is 17.1 Å². The van der Waals surface area contributed by atoms with Gasteiger partial charge in [0.15, 0.2) is 11.6 Å². The van der Waals surface area contributed by atoms with E-state index >= 15 is 0 Å². The van der Waals surface area contributed by atoms with Crippen molar-refractivity contribution in [1.29, 1.82) is 0 Å². The van der Waals surface area contributed by atoms with E-state index < -0.39 is 7.52 Å². The smallest absolute Gasteiger partial charge is 0.289 e. The monoisotopic (exact) mass is 517 g/mol. The van der Waals surface area contributed by atoms with Crippen LogP contribution in [0.5, 0.6) is 5.75 Å². The summed E-state index contributed by atoms with van der Waals surface area (Å²) in [5, 5.41) is 10.0. The van der Waals surface area contributed by atoms with Crippen molar-refractivity contribution in [2.75, 3.05) is 12.8 Å². The normalized spacial score (nSPS) is 25.7. The second-order valence-electron chi connectivity index (χ2n) is 11.2. The van der Waals surface area contributed by atoms with Gasteiger partial charge in [-0.25, -0.2) is 4.39 Å². The van der Waals surface area contributed by atoms with Gasteiger partial charge in [0.05, 0.1) is 6.61 Å². The standard InChI is InChI=1S/C29H41FNO4P/c30-27-19-23(12-13-29-20-24-16-25(21-29)18-26(17-24)22-29)10-11-28(27)35-14-8-6-4-2-1-3-5-7-9-15-36(33,34)31-32/h10-11,16,19,24,26,32H,1-9,14-15,17-18,20-22H2,(H2,31,33,34)/t24?,26-,29+/m0/s1. The number of halogens is 1. The zero-order valence-corrected chi connectivity index (χ0v) is 22.2. The summed E-state index contributed by atoms with van der Waals surface area (Å²) in [4.78, 5) is 9.22. The molecule has 1 aromatic carbocycles. The average molecular weight is 518 g/mol. The molecule has 4 atom stereocenters. The fourth-order valence-electron chi connectivity index (χ4n) is 6.44. The Morgan fingerprint density at radius 3 is 2.47 bits per heavy atom. The van der Waals surface area contributed by atoms with Gasteiger partial charge in [-0.3, -0.25) is 4.57 Å². The van der Waals surface area contributed by atoms with Crippen molar-refractivity contribution in [3.63, 3.8) is 0 Å². The molecule has 5 nitrogen and oxygen atoms in total. The van der Waals surface area contributed by atoms with Gasteiger partial charge >= 0.3 is 0 Å². The van der Waals surface area contributed by atoms with Crippen molar-refractivity contribution in [3.8, 4) is 17.6 Å². The van der Waals surface area contributed by atoms with Crippen LogP contribution in [0.2, 0.25) is 0 Å². The third-order valence-corrected chi connectivity index (χ3v) is 9.21. The molecule has 36 heavy (non-hydrogen) atoms. The zero-order chi connectivity index (χ0) is 25.4. The molecule has 4 aliphatic rings. The lowest BCUT2D eigenvalue weighted by atomic mass is 9.54. The lowest BCUT2D eigenvalue weighted by Gasteiger charge is -2.50. The maximum Gasteiger partial charge on any atom is 0.289 e. The molecule has 0 radical (unpaired) electrons. The molecular formula is C29H41FNO4P. The Balaban J connectivity index is 1.08. The Hall–Kier alpha value is -1.64. The summed E-state index contributed by atoms with van der Waals surface area (Å²) in [7, 11) is -3.53. The van der Waals surface area contributed by atoms with Gasteiger partial charge in [0.1, 0.15) is 0 Å². The van der Waals surface area contributed by atoms with Crippen LogP contribution in [-0.4, -0.2) is 22.9 Å². The minimum atomic E-state index is -3.53. The highest BCUT2D eigenvalue weighted by Gasteiger charge is 2.46. The molecule has 0 aromatic heterocycles. The fraction of sp³-hybridized carbons (Fsp3) is 0.655. The molecule has 7 heteroatoms. The molecule has 2 fully saturated rings. The van der Waals surface area contributed by atoms with Crippen LogP contribution in [0.3, 0.4) is 0 Å². The van der Waals surface area contributed by atoms with Crippen molar-refractivity contribution in [2.24, 2.45) is 17.3 Å². The molecule has 1 aromatic rings. The SMILES string of the molecule is O=P(O)(CCCCCCCCCCCOc1ccc(C#C[C@@]23CC4=CC(C[C@@H](C4)C2)C3)cc1F)NO. The summed E-state index contributed by atoms with van der Waals surface area (Å²) >= 11 is 0. The molecule has 0 saturated heterocycles. The number of ether oxygens (including phenoxy) is 1. The number of unbranched alkanes of at least 4 members (excludes halogenated alkanes) is 8. The van der Waals surface area contributed by atoms with E-state index in [0.717, 1.165) is 69.3 Å². The number of nitrogens with one attached hydrogen (secondary N) is 1. The fourth-order valence-corrected chi connectivity index (χ4v) is 7.19. The third kappa shape index (κ3) is 7.93. The van der Waals surface area contributed by atoms with Gasteiger partial charge in [-0.2, -0.15) is 0 Å². The first-order chi connectivity index (χ1) is 17.4. The van der Waals surface area contributed by atoms with Gasteiger partial charge in [-0.05, 0) is 75.0 Å². The number of hydrogen-bond acceptors (Lipinski definition) is 3. The summed E-state index contributed by atoms with van der Waals surface area (Å²) in [6.45, 7) is 0.517. The van der Waals surface area contributed by atoms with Crippen LogP contribution in [0, 0.1) is 34.9 Å². The maximum atomic E-state index is 14.6. The summed E-state index contributed by atoms with van der Waals surface area (Å²) in [5.41, 5.74) is 2.45. The Labute approximate surface area is 215 Å². The van der Waals surface area contributed by atoms with Gasteiger partial charge in [0.25, 0.3) is 7.52 Å². The van der Waals surface area contributed by atoms with E-state index in [1.165, 1.54) is 37.0 Å². The van der Waals surface area contributed by atoms with Crippen LogP contribution in [0.4, 0.5) is 4.39 Å². The molecule has 198 valence electrons. The summed E-state index contributed by atoms with van der Waals surface area (Å²) in [6, 6.07) is 5.11. The molecule has 4 aliphatic carbocycles. The van der Waals surface area contributed by atoms with E-state index in [4.69, 9.17) is 9.94 Å². The van der Waals surface area contributed by atoms with Crippen LogP contribution in [0.1, 0.15) is 95.5 Å². The Bertz CT molecular complexity index is 1030. The van der Waals surface area contributed by atoms with E-state index in [2.05, 4.69) is 17.9 Å². The Kier molecular flexibility index (Phi) is 9.70. The number of allylic oxidation sites excluding steroid dienone is 2. The first-order valence-electron chi connectivity index (χ1n) is 13.7. The first kappa shape index (κ1) is 27.4. The quantitative estimate of drug-likeness (QED) is 0.0790. The highest BCUT2D eigenvalue weighted by atomic mass is 31.2. The lowest BCUT2D eigenvalue weighted by Crippen LogP contribution is -2.40. The minimum absolute atomic E-state index is 0.111. The summed E-state index contributed by atoms with van der Waals surface area (Å²) < 4.78 is 31.5. The highest BCUT2D eigenvalue weighted by Crippen LogP contribution is 2.57. The Morgan fingerprint density at radius 1 is 1.08 bits per heavy atom. The van der Waals surface area contributed by atoms with E-state index in [9.17, 15) is 13.8 Å². The predicted octanol–water partition coefficient (Wildman–Crippen LogP) is 7.37. The number of hydrogen-bond donors (Lipinski definition) is 3. The second kappa shape index (κ2) is 12.7. The molecule has 0 amide bonds. The topological polar surface area (TPSA) is 78.8 Å². The predicted molar refractivity (Wildman–Crippen MR) is 141 cm³/mol. The van der Waals surface area contributed by atoms with Crippen LogP contribution < -0.4 is 9.99 Å².